The molecule has 0 aromatic carbocycles. The molecule has 0 saturated carbocycles. The Kier molecular flexibility index (Phi) is 3.33. The number of fused-ring (bicyclic) bond motifs is 1. The zero-order valence-electron chi connectivity index (χ0n) is 10.3. The Labute approximate surface area is 115 Å². The van der Waals surface area contributed by atoms with Crippen molar-refractivity contribution in [1.82, 2.24) is 4.90 Å². The molecule has 1 aliphatic heterocycles. The Hall–Kier alpha value is -0.970. The van der Waals surface area contributed by atoms with Gasteiger partial charge in [-0.25, -0.2) is 0 Å². The monoisotopic (exact) mass is 277 g/mol. The Morgan fingerprint density at radius 2 is 2.28 bits per heavy atom. The third kappa shape index (κ3) is 2.16. The van der Waals surface area contributed by atoms with Crippen LogP contribution in [0.3, 0.4) is 0 Å². The minimum absolute atomic E-state index is 0.246. The van der Waals surface area contributed by atoms with Crippen LogP contribution in [-0.2, 0) is 6.42 Å². The molecule has 0 bridgehead atoms. The van der Waals surface area contributed by atoms with E-state index in [0.29, 0.717) is 12.6 Å². The highest BCUT2D eigenvalue weighted by molar-refractivity contribution is 7.12. The van der Waals surface area contributed by atoms with Gasteiger partial charge in [0.2, 0.25) is 0 Å². The fraction of sp³-hybridized carbons (Fsp3) is 0.357. The van der Waals surface area contributed by atoms with Crippen LogP contribution in [0.5, 0.6) is 0 Å². The second-order valence-electron chi connectivity index (χ2n) is 4.60. The first-order chi connectivity index (χ1) is 8.75. The fourth-order valence-corrected chi connectivity index (χ4v) is 4.10. The average Bonchev–Trinajstić information content (AvgIpc) is 3.02. The average molecular weight is 277 g/mol. The smallest absolute Gasteiger partial charge is 0.186 e. The summed E-state index contributed by atoms with van der Waals surface area (Å²) >= 11 is 3.37. The second-order valence-corrected chi connectivity index (χ2v) is 6.54. The van der Waals surface area contributed by atoms with Crippen LogP contribution in [0.15, 0.2) is 29.0 Å². The van der Waals surface area contributed by atoms with Crippen molar-refractivity contribution in [3.05, 3.63) is 44.3 Å². The lowest BCUT2D eigenvalue weighted by molar-refractivity contribution is 0.0895. The summed E-state index contributed by atoms with van der Waals surface area (Å²) in [6.45, 7) is 3.73. The Bertz CT molecular complexity index is 544. The predicted octanol–water partition coefficient (Wildman–Crippen LogP) is 3.61. The number of hydrogen-bond donors (Lipinski definition) is 0. The van der Waals surface area contributed by atoms with E-state index < -0.39 is 0 Å². The van der Waals surface area contributed by atoms with E-state index in [-0.39, 0.29) is 5.78 Å². The molecule has 1 atom stereocenters. The maximum Gasteiger partial charge on any atom is 0.186 e. The fourth-order valence-electron chi connectivity index (χ4n) is 2.48. The molecule has 18 heavy (non-hydrogen) atoms. The quantitative estimate of drug-likeness (QED) is 0.799. The summed E-state index contributed by atoms with van der Waals surface area (Å²) in [7, 11) is 0. The van der Waals surface area contributed by atoms with E-state index in [0.717, 1.165) is 17.8 Å². The molecule has 1 aliphatic rings. The van der Waals surface area contributed by atoms with E-state index >= 15 is 0 Å². The van der Waals surface area contributed by atoms with Crippen molar-refractivity contribution < 1.29 is 4.79 Å². The zero-order chi connectivity index (χ0) is 12.5. The number of hydrogen-bond acceptors (Lipinski definition) is 4. The van der Waals surface area contributed by atoms with Gasteiger partial charge in [-0.2, -0.15) is 0 Å². The van der Waals surface area contributed by atoms with Gasteiger partial charge in [0, 0.05) is 17.5 Å². The van der Waals surface area contributed by atoms with Crippen LogP contribution < -0.4 is 0 Å². The van der Waals surface area contributed by atoms with Crippen LogP contribution in [0.1, 0.15) is 33.1 Å². The van der Waals surface area contributed by atoms with Crippen LogP contribution in [0, 0.1) is 0 Å². The van der Waals surface area contributed by atoms with Gasteiger partial charge in [0.1, 0.15) is 0 Å². The standard InChI is InChI=1S/C14H15NOS2/c1-10-11-5-8-18-13(11)4-6-15(10)9-12(16)14-3-2-7-17-14/h2-3,5,7-8,10H,4,6,9H2,1H3. The van der Waals surface area contributed by atoms with E-state index in [4.69, 9.17) is 0 Å². The van der Waals surface area contributed by atoms with Gasteiger partial charge in [-0.15, -0.1) is 22.7 Å². The van der Waals surface area contributed by atoms with Crippen molar-refractivity contribution in [3.8, 4) is 0 Å². The summed E-state index contributed by atoms with van der Waals surface area (Å²) in [4.78, 5) is 16.8. The van der Waals surface area contributed by atoms with E-state index in [2.05, 4.69) is 23.3 Å². The number of nitrogens with zero attached hydrogens (tertiary/aromatic N) is 1. The minimum Gasteiger partial charge on any atom is -0.292 e. The first kappa shape index (κ1) is 12.1. The number of Topliss-reactive ketones (excluding diaryl/α,β-unsaturated/α-hetero) is 1. The largest absolute Gasteiger partial charge is 0.292 e. The molecule has 0 saturated heterocycles. The van der Waals surface area contributed by atoms with Crippen molar-refractivity contribution in [2.24, 2.45) is 0 Å². The summed E-state index contributed by atoms with van der Waals surface area (Å²) in [6, 6.07) is 6.42. The molecule has 94 valence electrons. The Morgan fingerprint density at radius 3 is 3.06 bits per heavy atom. The van der Waals surface area contributed by atoms with Crippen molar-refractivity contribution in [1.29, 1.82) is 0 Å². The molecule has 3 heterocycles. The normalized spacial score (nSPS) is 19.7. The van der Waals surface area contributed by atoms with Crippen LogP contribution in [-0.4, -0.2) is 23.8 Å². The number of ketones is 1. The van der Waals surface area contributed by atoms with Crippen molar-refractivity contribution >= 4 is 28.5 Å². The maximum atomic E-state index is 12.1. The Balaban J connectivity index is 1.74. The molecule has 2 nitrogen and oxygen atoms in total. The summed E-state index contributed by atoms with van der Waals surface area (Å²) < 4.78 is 0. The molecule has 2 aromatic heterocycles. The molecule has 1 unspecified atom stereocenters. The molecule has 4 heteroatoms. The van der Waals surface area contributed by atoms with Gasteiger partial charge < -0.3 is 0 Å². The SMILES string of the molecule is CC1c2ccsc2CCN1CC(=O)c1cccs1. The molecular formula is C14H15NOS2. The third-order valence-corrected chi connectivity index (χ3v) is 5.45. The third-order valence-electron chi connectivity index (χ3n) is 3.55. The van der Waals surface area contributed by atoms with Gasteiger partial charge in [0.15, 0.2) is 5.78 Å². The van der Waals surface area contributed by atoms with Crippen LogP contribution in [0.25, 0.3) is 0 Å². The van der Waals surface area contributed by atoms with E-state index in [1.54, 1.807) is 0 Å². The first-order valence-electron chi connectivity index (χ1n) is 6.12. The first-order valence-corrected chi connectivity index (χ1v) is 7.88. The summed E-state index contributed by atoms with van der Waals surface area (Å²) in [5.41, 5.74) is 1.41. The second kappa shape index (κ2) is 4.96. The van der Waals surface area contributed by atoms with Gasteiger partial charge in [-0.1, -0.05) is 6.07 Å². The molecule has 0 fully saturated rings. The number of rotatable bonds is 3. The van der Waals surface area contributed by atoms with Gasteiger partial charge >= 0.3 is 0 Å². The van der Waals surface area contributed by atoms with E-state index in [1.165, 1.54) is 21.8 Å². The topological polar surface area (TPSA) is 20.3 Å². The summed E-state index contributed by atoms with van der Waals surface area (Å²) in [5.74, 6) is 0.246. The highest BCUT2D eigenvalue weighted by atomic mass is 32.1. The molecule has 0 N–H and O–H groups in total. The van der Waals surface area contributed by atoms with Crippen LogP contribution >= 0.6 is 22.7 Å². The molecule has 3 rings (SSSR count). The lowest BCUT2D eigenvalue weighted by Crippen LogP contribution is -2.36. The number of thiophene rings is 2. The summed E-state index contributed by atoms with van der Waals surface area (Å²) in [6.07, 6.45) is 1.08. The Morgan fingerprint density at radius 1 is 1.39 bits per heavy atom. The highest BCUT2D eigenvalue weighted by Gasteiger charge is 2.26. The molecule has 0 spiro atoms. The lowest BCUT2D eigenvalue weighted by Gasteiger charge is -2.32. The zero-order valence-corrected chi connectivity index (χ0v) is 11.9. The van der Waals surface area contributed by atoms with E-state index in [9.17, 15) is 4.79 Å². The number of carbonyl (C=O) groups excluding carboxylic acids is 1. The van der Waals surface area contributed by atoms with Gasteiger partial charge in [-0.05, 0) is 41.8 Å². The molecule has 0 aliphatic carbocycles. The van der Waals surface area contributed by atoms with Crippen molar-refractivity contribution in [3.63, 3.8) is 0 Å². The van der Waals surface area contributed by atoms with E-state index in [1.807, 2.05) is 28.8 Å². The minimum atomic E-state index is 0.246. The molecule has 2 aromatic rings. The molecule has 0 radical (unpaired) electrons. The maximum absolute atomic E-state index is 12.1. The van der Waals surface area contributed by atoms with Gasteiger partial charge in [0.25, 0.3) is 0 Å². The predicted molar refractivity (Wildman–Crippen MR) is 76.7 cm³/mol. The van der Waals surface area contributed by atoms with Gasteiger partial charge in [0.05, 0.1) is 11.4 Å². The van der Waals surface area contributed by atoms with Crippen molar-refractivity contribution in [2.45, 2.75) is 19.4 Å². The molecular weight excluding hydrogens is 262 g/mol. The summed E-state index contributed by atoms with van der Waals surface area (Å²) in [5, 5.41) is 4.12. The van der Waals surface area contributed by atoms with Crippen LogP contribution in [0.4, 0.5) is 0 Å². The van der Waals surface area contributed by atoms with Gasteiger partial charge in [-0.3, -0.25) is 9.69 Å². The highest BCUT2D eigenvalue weighted by Crippen LogP contribution is 2.32. The van der Waals surface area contributed by atoms with Crippen LogP contribution in [0.2, 0.25) is 0 Å². The van der Waals surface area contributed by atoms with Crippen molar-refractivity contribution in [2.75, 3.05) is 13.1 Å². The molecule has 0 amide bonds. The number of carbonyl (C=O) groups is 1. The lowest BCUT2D eigenvalue weighted by atomic mass is 10.0.